The number of carbonyl (C=O) groups is 2. The standard InChI is InChI=1S/C26H29N3O3/c1-4-15-29-25(30)23(19-7-13-22(14-8-19)32-18(2)3)24(26(29)31)27-20-9-11-21(12-10-20)28-16-5-6-17-28/h4,7-14,18,27H,1,5-6,15-17H2,2-3H3. The van der Waals surface area contributed by atoms with Gasteiger partial charge in [-0.2, -0.15) is 0 Å². The summed E-state index contributed by atoms with van der Waals surface area (Å²) in [5.74, 6) is 0.0377. The summed E-state index contributed by atoms with van der Waals surface area (Å²) in [6, 6.07) is 15.3. The van der Waals surface area contributed by atoms with E-state index < -0.39 is 0 Å². The van der Waals surface area contributed by atoms with Crippen molar-refractivity contribution < 1.29 is 14.3 Å². The van der Waals surface area contributed by atoms with Crippen molar-refractivity contribution in [2.75, 3.05) is 29.9 Å². The molecule has 6 nitrogen and oxygen atoms in total. The molecule has 0 unspecified atom stereocenters. The molecule has 6 heteroatoms. The summed E-state index contributed by atoms with van der Waals surface area (Å²) < 4.78 is 5.70. The number of rotatable bonds is 8. The third kappa shape index (κ3) is 4.40. The number of imide groups is 1. The molecule has 0 aromatic heterocycles. The molecule has 2 heterocycles. The normalized spacial score (nSPS) is 16.3. The fraction of sp³-hybridized carbons (Fsp3) is 0.308. The highest BCUT2D eigenvalue weighted by atomic mass is 16.5. The summed E-state index contributed by atoms with van der Waals surface area (Å²) in [4.78, 5) is 29.8. The van der Waals surface area contributed by atoms with Gasteiger partial charge in [-0.15, -0.1) is 6.58 Å². The molecule has 0 aliphatic carbocycles. The Hall–Kier alpha value is -3.54. The molecule has 2 amide bonds. The molecule has 2 aromatic carbocycles. The quantitative estimate of drug-likeness (QED) is 0.494. The lowest BCUT2D eigenvalue weighted by molar-refractivity contribution is -0.136. The number of anilines is 2. The van der Waals surface area contributed by atoms with Crippen molar-refractivity contribution in [3.63, 3.8) is 0 Å². The Balaban J connectivity index is 1.64. The lowest BCUT2D eigenvalue weighted by Gasteiger charge is -2.18. The van der Waals surface area contributed by atoms with E-state index in [1.54, 1.807) is 6.08 Å². The number of carbonyl (C=O) groups excluding carboxylic acids is 2. The number of benzene rings is 2. The lowest BCUT2D eigenvalue weighted by Crippen LogP contribution is -2.32. The number of hydrogen-bond acceptors (Lipinski definition) is 5. The van der Waals surface area contributed by atoms with Crippen molar-refractivity contribution >= 4 is 28.8 Å². The smallest absolute Gasteiger partial charge is 0.278 e. The Morgan fingerprint density at radius 3 is 2.25 bits per heavy atom. The molecular weight excluding hydrogens is 402 g/mol. The van der Waals surface area contributed by atoms with Crippen LogP contribution in [0.25, 0.3) is 5.57 Å². The zero-order valence-corrected chi connectivity index (χ0v) is 18.6. The number of nitrogens with zero attached hydrogens (tertiary/aromatic N) is 2. The first-order valence-electron chi connectivity index (χ1n) is 11.1. The maximum absolute atomic E-state index is 13.1. The Bertz CT molecular complexity index is 1030. The van der Waals surface area contributed by atoms with Crippen LogP contribution in [0, 0.1) is 0 Å². The molecule has 0 bridgehead atoms. The van der Waals surface area contributed by atoms with Gasteiger partial charge in [-0.1, -0.05) is 18.2 Å². The van der Waals surface area contributed by atoms with Crippen LogP contribution >= 0.6 is 0 Å². The van der Waals surface area contributed by atoms with Gasteiger partial charge in [0.05, 0.1) is 11.7 Å². The number of ether oxygens (including phenoxy) is 1. The van der Waals surface area contributed by atoms with E-state index in [0.29, 0.717) is 11.1 Å². The minimum Gasteiger partial charge on any atom is -0.491 e. The van der Waals surface area contributed by atoms with E-state index in [1.165, 1.54) is 23.4 Å². The summed E-state index contributed by atoms with van der Waals surface area (Å²) >= 11 is 0. The van der Waals surface area contributed by atoms with E-state index in [1.807, 2.05) is 50.2 Å². The van der Waals surface area contributed by atoms with Crippen LogP contribution in [0.4, 0.5) is 11.4 Å². The fourth-order valence-electron chi connectivity index (χ4n) is 4.10. The molecule has 0 spiro atoms. The molecule has 32 heavy (non-hydrogen) atoms. The van der Waals surface area contributed by atoms with Crippen molar-refractivity contribution in [2.45, 2.75) is 32.8 Å². The molecule has 1 fully saturated rings. The van der Waals surface area contributed by atoms with Crippen LogP contribution in [-0.4, -0.2) is 42.5 Å². The van der Waals surface area contributed by atoms with Crippen molar-refractivity contribution in [2.24, 2.45) is 0 Å². The van der Waals surface area contributed by atoms with Gasteiger partial charge in [0.15, 0.2) is 0 Å². The second-order valence-electron chi connectivity index (χ2n) is 8.32. The summed E-state index contributed by atoms with van der Waals surface area (Å²) in [7, 11) is 0. The van der Waals surface area contributed by atoms with Gasteiger partial charge in [0, 0.05) is 31.0 Å². The van der Waals surface area contributed by atoms with Crippen LogP contribution in [0.3, 0.4) is 0 Å². The van der Waals surface area contributed by atoms with Crippen molar-refractivity contribution in [3.8, 4) is 5.75 Å². The first-order chi connectivity index (χ1) is 15.5. The molecule has 2 aliphatic heterocycles. The average molecular weight is 432 g/mol. The Labute approximate surface area is 189 Å². The highest BCUT2D eigenvalue weighted by Crippen LogP contribution is 2.32. The third-order valence-corrected chi connectivity index (χ3v) is 5.60. The van der Waals surface area contributed by atoms with E-state index >= 15 is 0 Å². The largest absolute Gasteiger partial charge is 0.491 e. The molecule has 166 valence electrons. The second kappa shape index (κ2) is 9.30. The van der Waals surface area contributed by atoms with E-state index in [0.717, 1.165) is 24.5 Å². The van der Waals surface area contributed by atoms with Gasteiger partial charge >= 0.3 is 0 Å². The van der Waals surface area contributed by atoms with Gasteiger partial charge in [-0.25, -0.2) is 0 Å². The maximum atomic E-state index is 13.1. The lowest BCUT2D eigenvalue weighted by atomic mass is 10.0. The first kappa shape index (κ1) is 21.7. The van der Waals surface area contributed by atoms with E-state index in [9.17, 15) is 9.59 Å². The van der Waals surface area contributed by atoms with Crippen LogP contribution < -0.4 is 15.0 Å². The molecule has 4 rings (SSSR count). The van der Waals surface area contributed by atoms with Crippen LogP contribution in [0.5, 0.6) is 5.75 Å². The van der Waals surface area contributed by atoms with Crippen molar-refractivity contribution in [3.05, 3.63) is 72.4 Å². The van der Waals surface area contributed by atoms with Gasteiger partial charge in [-0.05, 0) is 68.7 Å². The summed E-state index contributed by atoms with van der Waals surface area (Å²) in [5, 5.41) is 3.21. The maximum Gasteiger partial charge on any atom is 0.278 e. The molecule has 2 aromatic rings. The minimum atomic E-state index is -0.351. The van der Waals surface area contributed by atoms with E-state index in [4.69, 9.17) is 4.74 Å². The SMILES string of the molecule is C=CCN1C(=O)C(Nc2ccc(N3CCCC3)cc2)=C(c2ccc(OC(C)C)cc2)C1=O. The predicted octanol–water partition coefficient (Wildman–Crippen LogP) is 4.45. The van der Waals surface area contributed by atoms with Gasteiger partial charge in [0.2, 0.25) is 0 Å². The van der Waals surface area contributed by atoms with Gasteiger partial charge in [0.25, 0.3) is 11.8 Å². The summed E-state index contributed by atoms with van der Waals surface area (Å²) in [6.45, 7) is 9.90. The number of nitrogens with one attached hydrogen (secondary N) is 1. The molecule has 0 saturated carbocycles. The van der Waals surface area contributed by atoms with Crippen LogP contribution in [0.2, 0.25) is 0 Å². The zero-order valence-electron chi connectivity index (χ0n) is 18.6. The molecule has 0 radical (unpaired) electrons. The Morgan fingerprint density at radius 2 is 1.66 bits per heavy atom. The van der Waals surface area contributed by atoms with Crippen LogP contribution in [0.1, 0.15) is 32.3 Å². The minimum absolute atomic E-state index is 0.0543. The summed E-state index contributed by atoms with van der Waals surface area (Å²) in [6.07, 6.45) is 4.04. The van der Waals surface area contributed by atoms with Crippen LogP contribution in [-0.2, 0) is 9.59 Å². The van der Waals surface area contributed by atoms with Gasteiger partial charge in [0.1, 0.15) is 11.4 Å². The van der Waals surface area contributed by atoms with Crippen LogP contribution in [0.15, 0.2) is 66.9 Å². The number of hydrogen-bond donors (Lipinski definition) is 1. The number of amides is 2. The molecular formula is C26H29N3O3. The zero-order chi connectivity index (χ0) is 22.7. The first-order valence-corrected chi connectivity index (χ1v) is 11.1. The van der Waals surface area contributed by atoms with Gasteiger partial charge < -0.3 is 15.0 Å². The van der Waals surface area contributed by atoms with Crippen molar-refractivity contribution in [1.29, 1.82) is 0 Å². The molecule has 2 aliphatic rings. The topological polar surface area (TPSA) is 61.9 Å². The summed E-state index contributed by atoms with van der Waals surface area (Å²) in [5.41, 5.74) is 3.24. The van der Waals surface area contributed by atoms with E-state index in [2.05, 4.69) is 28.9 Å². The monoisotopic (exact) mass is 431 g/mol. The molecule has 1 saturated heterocycles. The van der Waals surface area contributed by atoms with Gasteiger partial charge in [-0.3, -0.25) is 14.5 Å². The predicted molar refractivity (Wildman–Crippen MR) is 128 cm³/mol. The second-order valence-corrected chi connectivity index (χ2v) is 8.32. The highest BCUT2D eigenvalue weighted by molar-refractivity contribution is 6.36. The Kier molecular flexibility index (Phi) is 6.30. The fourth-order valence-corrected chi connectivity index (χ4v) is 4.10. The molecule has 0 atom stereocenters. The third-order valence-electron chi connectivity index (χ3n) is 5.60. The van der Waals surface area contributed by atoms with Crippen molar-refractivity contribution in [1.82, 2.24) is 4.90 Å². The van der Waals surface area contributed by atoms with E-state index in [-0.39, 0.29) is 30.2 Å². The Morgan fingerprint density at radius 1 is 1.00 bits per heavy atom. The molecule has 1 N–H and O–H groups in total. The average Bonchev–Trinajstić information content (AvgIpc) is 3.39. The highest BCUT2D eigenvalue weighted by Gasteiger charge is 2.38.